The first-order valence-electron chi connectivity index (χ1n) is 9.59. The molecule has 3 aliphatic heterocycles. The molecule has 140 valence electrons. The normalized spacial score (nSPS) is 23.8. The molecule has 5 rings (SSSR count). The summed E-state index contributed by atoms with van der Waals surface area (Å²) in [5.74, 6) is 0.383. The maximum atomic E-state index is 14.3. The number of aromatic nitrogens is 2. The van der Waals surface area contributed by atoms with E-state index in [4.69, 9.17) is 0 Å². The van der Waals surface area contributed by atoms with Crippen molar-refractivity contribution in [2.24, 2.45) is 10.4 Å². The number of rotatable bonds is 3. The second-order valence-electron chi connectivity index (χ2n) is 7.83. The fourth-order valence-electron chi connectivity index (χ4n) is 4.44. The van der Waals surface area contributed by atoms with Gasteiger partial charge in [0, 0.05) is 37.0 Å². The lowest BCUT2D eigenvalue weighted by Gasteiger charge is -2.40. The molecule has 2 N–H and O–H groups in total. The molecule has 0 amide bonds. The molecular formula is C20H23FN6. The Morgan fingerprint density at radius 2 is 2.22 bits per heavy atom. The maximum Gasteiger partial charge on any atom is 0.227 e. The van der Waals surface area contributed by atoms with Crippen molar-refractivity contribution in [3.05, 3.63) is 41.3 Å². The highest BCUT2D eigenvalue weighted by Gasteiger charge is 2.38. The zero-order valence-corrected chi connectivity index (χ0v) is 15.2. The minimum absolute atomic E-state index is 0.221. The van der Waals surface area contributed by atoms with E-state index in [-0.39, 0.29) is 5.82 Å². The van der Waals surface area contributed by atoms with Crippen LogP contribution in [0.25, 0.3) is 0 Å². The second kappa shape index (κ2) is 6.56. The molecule has 1 unspecified atom stereocenters. The number of hydrogen-bond acceptors (Lipinski definition) is 6. The number of nitrogens with zero attached hydrogens (tertiary/aromatic N) is 4. The number of aliphatic imine (C=N–C) groups is 1. The molecule has 3 aliphatic rings. The molecule has 1 aromatic heterocycles. The molecule has 2 fully saturated rings. The molecular weight excluding hydrogens is 343 g/mol. The SMILES string of the molecule is Fc1cnc(N2CCCC3(CCNC3)C2)nc1Nc1ccc2c(c1)C=NC2. The Morgan fingerprint density at radius 3 is 3.11 bits per heavy atom. The van der Waals surface area contributed by atoms with Gasteiger partial charge in [-0.05, 0) is 49.1 Å². The van der Waals surface area contributed by atoms with Gasteiger partial charge in [0.1, 0.15) is 0 Å². The summed E-state index contributed by atoms with van der Waals surface area (Å²) in [5.41, 5.74) is 3.37. The number of fused-ring (bicyclic) bond motifs is 1. The fraction of sp³-hybridized carbons (Fsp3) is 0.450. The maximum absolute atomic E-state index is 14.3. The van der Waals surface area contributed by atoms with Gasteiger partial charge in [0.2, 0.25) is 5.95 Å². The van der Waals surface area contributed by atoms with Crippen molar-refractivity contribution in [2.75, 3.05) is 36.4 Å². The molecule has 27 heavy (non-hydrogen) atoms. The van der Waals surface area contributed by atoms with Crippen LogP contribution in [0.15, 0.2) is 29.4 Å². The van der Waals surface area contributed by atoms with Crippen LogP contribution >= 0.6 is 0 Å². The Balaban J connectivity index is 1.39. The lowest BCUT2D eigenvalue weighted by atomic mass is 9.79. The summed E-state index contributed by atoms with van der Waals surface area (Å²) in [6.07, 6.45) is 6.67. The van der Waals surface area contributed by atoms with E-state index in [9.17, 15) is 4.39 Å². The standard InChI is InChI=1S/C20H23FN6/c21-17-11-24-19(27-7-1-4-20(13-27)5-6-22-12-20)26-18(17)25-16-3-2-14-9-23-10-15(14)8-16/h2-3,8,10-11,22H,1,4-7,9,12-13H2,(H,24,25,26). The van der Waals surface area contributed by atoms with Gasteiger partial charge in [-0.3, -0.25) is 4.99 Å². The summed E-state index contributed by atoms with van der Waals surface area (Å²) in [6.45, 7) is 4.69. The summed E-state index contributed by atoms with van der Waals surface area (Å²) in [4.78, 5) is 15.3. The molecule has 0 saturated carbocycles. The van der Waals surface area contributed by atoms with Gasteiger partial charge in [-0.15, -0.1) is 0 Å². The third-order valence-corrected chi connectivity index (χ3v) is 5.91. The number of anilines is 3. The Labute approximate surface area is 157 Å². The van der Waals surface area contributed by atoms with Crippen LogP contribution in [0.5, 0.6) is 0 Å². The smallest absolute Gasteiger partial charge is 0.227 e. The Hall–Kier alpha value is -2.54. The van der Waals surface area contributed by atoms with E-state index in [1.807, 2.05) is 24.4 Å². The molecule has 4 heterocycles. The Morgan fingerprint density at radius 1 is 1.26 bits per heavy atom. The van der Waals surface area contributed by atoms with Crippen LogP contribution in [-0.2, 0) is 6.54 Å². The summed E-state index contributed by atoms with van der Waals surface area (Å²) >= 11 is 0. The van der Waals surface area contributed by atoms with Crippen molar-refractivity contribution in [3.63, 3.8) is 0 Å². The molecule has 6 nitrogen and oxygen atoms in total. The van der Waals surface area contributed by atoms with Gasteiger partial charge in [-0.2, -0.15) is 4.98 Å². The van der Waals surface area contributed by atoms with E-state index in [1.54, 1.807) is 0 Å². The van der Waals surface area contributed by atoms with E-state index in [0.717, 1.165) is 43.9 Å². The highest BCUT2D eigenvalue weighted by Crippen LogP contribution is 2.36. The Bertz CT molecular complexity index is 890. The summed E-state index contributed by atoms with van der Waals surface area (Å²) in [5, 5.41) is 6.59. The molecule has 0 radical (unpaired) electrons. The number of nitrogens with one attached hydrogen (secondary N) is 2. The van der Waals surface area contributed by atoms with Crippen LogP contribution in [0.2, 0.25) is 0 Å². The van der Waals surface area contributed by atoms with Gasteiger partial charge in [0.05, 0.1) is 12.7 Å². The van der Waals surface area contributed by atoms with Crippen LogP contribution in [0, 0.1) is 11.2 Å². The van der Waals surface area contributed by atoms with Gasteiger partial charge in [-0.25, -0.2) is 9.37 Å². The average Bonchev–Trinajstić information content (AvgIpc) is 3.33. The quantitative estimate of drug-likeness (QED) is 0.874. The van der Waals surface area contributed by atoms with E-state index in [0.29, 0.717) is 17.9 Å². The van der Waals surface area contributed by atoms with Crippen LogP contribution in [0.4, 0.5) is 21.8 Å². The molecule has 1 spiro atoms. The number of halogens is 1. The van der Waals surface area contributed by atoms with Gasteiger partial charge in [-0.1, -0.05) is 6.07 Å². The zero-order chi connectivity index (χ0) is 18.3. The van der Waals surface area contributed by atoms with Gasteiger partial charge in [0.25, 0.3) is 0 Å². The van der Waals surface area contributed by atoms with Gasteiger partial charge >= 0.3 is 0 Å². The lowest BCUT2D eigenvalue weighted by Crippen LogP contribution is -2.45. The fourth-order valence-corrected chi connectivity index (χ4v) is 4.44. The van der Waals surface area contributed by atoms with E-state index in [2.05, 4.69) is 30.5 Å². The first-order chi connectivity index (χ1) is 13.2. The van der Waals surface area contributed by atoms with Crippen molar-refractivity contribution in [1.82, 2.24) is 15.3 Å². The predicted octanol–water partition coefficient (Wildman–Crippen LogP) is 2.87. The second-order valence-corrected chi connectivity index (χ2v) is 7.83. The third kappa shape index (κ3) is 3.16. The largest absolute Gasteiger partial charge is 0.340 e. The van der Waals surface area contributed by atoms with Crippen molar-refractivity contribution in [3.8, 4) is 0 Å². The highest BCUT2D eigenvalue weighted by molar-refractivity contribution is 5.86. The van der Waals surface area contributed by atoms with E-state index >= 15 is 0 Å². The topological polar surface area (TPSA) is 65.4 Å². The minimum Gasteiger partial charge on any atom is -0.340 e. The molecule has 1 aromatic carbocycles. The van der Waals surface area contributed by atoms with Crippen LogP contribution < -0.4 is 15.5 Å². The lowest BCUT2D eigenvalue weighted by molar-refractivity contribution is 0.259. The average molecular weight is 366 g/mol. The van der Waals surface area contributed by atoms with Crippen LogP contribution in [0.1, 0.15) is 30.4 Å². The Kier molecular flexibility index (Phi) is 4.04. The third-order valence-electron chi connectivity index (χ3n) is 5.91. The number of hydrogen-bond donors (Lipinski definition) is 2. The first kappa shape index (κ1) is 16.6. The predicted molar refractivity (Wildman–Crippen MR) is 104 cm³/mol. The number of benzene rings is 1. The van der Waals surface area contributed by atoms with Crippen molar-refractivity contribution < 1.29 is 4.39 Å². The summed E-state index contributed by atoms with van der Waals surface area (Å²) < 4.78 is 14.3. The molecule has 1 atom stereocenters. The first-order valence-corrected chi connectivity index (χ1v) is 9.59. The zero-order valence-electron chi connectivity index (χ0n) is 15.2. The molecule has 2 aromatic rings. The summed E-state index contributed by atoms with van der Waals surface area (Å²) in [7, 11) is 0. The van der Waals surface area contributed by atoms with Crippen molar-refractivity contribution in [1.29, 1.82) is 0 Å². The molecule has 0 aliphatic carbocycles. The molecule has 2 saturated heterocycles. The van der Waals surface area contributed by atoms with E-state index < -0.39 is 5.82 Å². The number of piperidine rings is 1. The monoisotopic (exact) mass is 366 g/mol. The summed E-state index contributed by atoms with van der Waals surface area (Å²) in [6, 6.07) is 5.94. The van der Waals surface area contributed by atoms with Crippen molar-refractivity contribution in [2.45, 2.75) is 25.8 Å². The minimum atomic E-state index is -0.442. The van der Waals surface area contributed by atoms with E-state index in [1.165, 1.54) is 24.6 Å². The van der Waals surface area contributed by atoms with Gasteiger partial charge < -0.3 is 15.5 Å². The molecule has 7 heteroatoms. The highest BCUT2D eigenvalue weighted by atomic mass is 19.1. The van der Waals surface area contributed by atoms with Gasteiger partial charge in [0.15, 0.2) is 11.6 Å². The van der Waals surface area contributed by atoms with Crippen molar-refractivity contribution >= 4 is 23.7 Å². The molecule has 0 bridgehead atoms. The van der Waals surface area contributed by atoms with Crippen LogP contribution in [-0.4, -0.2) is 42.4 Å². The van der Waals surface area contributed by atoms with Crippen LogP contribution in [0.3, 0.4) is 0 Å².